The lowest BCUT2D eigenvalue weighted by molar-refractivity contribution is -0.133. The quantitative estimate of drug-likeness (QED) is 0.786. The zero-order valence-electron chi connectivity index (χ0n) is 14.6. The van der Waals surface area contributed by atoms with Gasteiger partial charge in [0.25, 0.3) is 0 Å². The summed E-state index contributed by atoms with van der Waals surface area (Å²) in [6.45, 7) is 3.66. The average molecular weight is 368 g/mol. The molecule has 2 heterocycles. The molecular formula is C17H24N2O5S. The molecule has 2 aliphatic rings. The van der Waals surface area contributed by atoms with E-state index in [-0.39, 0.29) is 25.8 Å². The van der Waals surface area contributed by atoms with Crippen molar-refractivity contribution in [2.45, 2.75) is 26.3 Å². The molecular weight excluding hydrogens is 344 g/mol. The number of likely N-dealkylation sites (tertiary alicyclic amines) is 1. The first-order valence-electron chi connectivity index (χ1n) is 8.44. The first-order chi connectivity index (χ1) is 11.8. The third-order valence-corrected chi connectivity index (χ3v) is 5.78. The van der Waals surface area contributed by atoms with Crippen LogP contribution in [0.5, 0.6) is 11.5 Å². The normalized spacial score (nSPS) is 20.1. The van der Waals surface area contributed by atoms with E-state index >= 15 is 0 Å². The number of nitrogens with zero attached hydrogens (tertiary/aromatic N) is 2. The number of carbonyl (C=O) groups excluding carboxylic acids is 1. The number of amides is 1. The summed E-state index contributed by atoms with van der Waals surface area (Å²) in [7, 11) is -3.51. The van der Waals surface area contributed by atoms with Crippen molar-refractivity contribution < 1.29 is 22.7 Å². The zero-order chi connectivity index (χ0) is 18.0. The highest BCUT2D eigenvalue weighted by molar-refractivity contribution is 7.88. The van der Waals surface area contributed by atoms with Gasteiger partial charge < -0.3 is 14.4 Å². The number of piperidine rings is 1. The molecule has 1 fully saturated rings. The highest BCUT2D eigenvalue weighted by Gasteiger charge is 2.27. The van der Waals surface area contributed by atoms with Gasteiger partial charge in [0.15, 0.2) is 11.5 Å². The van der Waals surface area contributed by atoms with Crippen LogP contribution in [0.1, 0.15) is 25.3 Å². The van der Waals surface area contributed by atoms with Crippen LogP contribution >= 0.6 is 0 Å². The third-order valence-electron chi connectivity index (χ3n) is 4.59. The molecule has 1 unspecified atom stereocenters. The summed E-state index contributed by atoms with van der Waals surface area (Å²) in [4.78, 5) is 14.3. The summed E-state index contributed by atoms with van der Waals surface area (Å²) in [5.74, 6) is 1.56. The molecule has 1 aromatic carbocycles. The fourth-order valence-electron chi connectivity index (χ4n) is 3.20. The topological polar surface area (TPSA) is 76.2 Å². The second kappa shape index (κ2) is 7.21. The van der Waals surface area contributed by atoms with E-state index in [0.717, 1.165) is 24.7 Å². The highest BCUT2D eigenvalue weighted by Crippen LogP contribution is 2.33. The Hall–Kier alpha value is -1.80. The molecule has 138 valence electrons. The minimum atomic E-state index is -3.51. The number of hydrogen-bond donors (Lipinski definition) is 0. The van der Waals surface area contributed by atoms with Gasteiger partial charge >= 0.3 is 0 Å². The number of ether oxygens (including phenoxy) is 2. The predicted molar refractivity (Wildman–Crippen MR) is 92.8 cm³/mol. The first kappa shape index (κ1) is 18.0. The van der Waals surface area contributed by atoms with Gasteiger partial charge in [-0.15, -0.1) is 0 Å². The van der Waals surface area contributed by atoms with Crippen molar-refractivity contribution in [3.8, 4) is 11.5 Å². The van der Waals surface area contributed by atoms with E-state index in [4.69, 9.17) is 9.47 Å². The van der Waals surface area contributed by atoms with Gasteiger partial charge in [-0.3, -0.25) is 4.79 Å². The fraction of sp³-hybridized carbons (Fsp3) is 0.588. The molecule has 8 heteroatoms. The van der Waals surface area contributed by atoms with Crippen molar-refractivity contribution in [3.63, 3.8) is 0 Å². The predicted octanol–water partition coefficient (Wildman–Crippen LogP) is 1.44. The van der Waals surface area contributed by atoms with E-state index in [0.29, 0.717) is 30.5 Å². The van der Waals surface area contributed by atoms with E-state index in [1.165, 1.54) is 4.31 Å². The molecule has 0 aromatic heterocycles. The van der Waals surface area contributed by atoms with Crippen LogP contribution in [0.4, 0.5) is 0 Å². The molecule has 25 heavy (non-hydrogen) atoms. The second-order valence-electron chi connectivity index (χ2n) is 6.81. The highest BCUT2D eigenvalue weighted by atomic mass is 32.2. The molecule has 0 saturated carbocycles. The summed E-state index contributed by atoms with van der Waals surface area (Å²) in [6.07, 6.45) is 3.21. The van der Waals surface area contributed by atoms with Gasteiger partial charge in [-0.25, -0.2) is 8.42 Å². The van der Waals surface area contributed by atoms with Crippen LogP contribution in [0, 0.1) is 5.92 Å². The number of fused-ring (bicyclic) bond motifs is 1. The molecule has 7 nitrogen and oxygen atoms in total. The summed E-state index contributed by atoms with van der Waals surface area (Å²) < 4.78 is 36.1. The van der Waals surface area contributed by atoms with Crippen molar-refractivity contribution in [2.24, 2.45) is 5.92 Å². The number of benzene rings is 1. The third kappa shape index (κ3) is 4.43. The Balaban J connectivity index is 1.71. The van der Waals surface area contributed by atoms with Crippen molar-refractivity contribution in [3.05, 3.63) is 23.8 Å². The fourth-order valence-corrected chi connectivity index (χ4v) is 3.93. The van der Waals surface area contributed by atoms with Gasteiger partial charge in [-0.05, 0) is 36.5 Å². The van der Waals surface area contributed by atoms with Gasteiger partial charge in [0.05, 0.1) is 12.8 Å². The Kier molecular flexibility index (Phi) is 5.19. The van der Waals surface area contributed by atoms with Gasteiger partial charge in [0.1, 0.15) is 0 Å². The lowest BCUT2D eigenvalue weighted by Crippen LogP contribution is -2.45. The van der Waals surface area contributed by atoms with Crippen LogP contribution in [-0.4, -0.2) is 56.2 Å². The van der Waals surface area contributed by atoms with E-state index in [9.17, 15) is 13.2 Å². The monoisotopic (exact) mass is 368 g/mol. The van der Waals surface area contributed by atoms with Crippen molar-refractivity contribution >= 4 is 15.9 Å². The number of rotatable bonds is 5. The summed E-state index contributed by atoms with van der Waals surface area (Å²) in [5, 5.41) is 0. The first-order valence-corrected chi connectivity index (χ1v) is 10.3. The molecule has 2 aliphatic heterocycles. The van der Waals surface area contributed by atoms with E-state index in [2.05, 4.69) is 6.92 Å². The van der Waals surface area contributed by atoms with E-state index in [1.807, 2.05) is 0 Å². The molecule has 1 aromatic rings. The van der Waals surface area contributed by atoms with Gasteiger partial charge in [0.2, 0.25) is 22.7 Å². The standard InChI is InChI=1S/C17H24N2O5S/c1-13-4-3-7-18(9-13)17(20)11-19(25(2,21)22)10-14-5-6-15-16(8-14)24-12-23-15/h5-6,8,13H,3-4,7,9-12H2,1-2H3. The molecule has 3 rings (SSSR count). The summed E-state index contributed by atoms with van der Waals surface area (Å²) >= 11 is 0. The van der Waals surface area contributed by atoms with Crippen molar-refractivity contribution in [1.82, 2.24) is 9.21 Å². The largest absolute Gasteiger partial charge is 0.454 e. The zero-order valence-corrected chi connectivity index (χ0v) is 15.4. The SMILES string of the molecule is CC1CCCN(C(=O)CN(Cc2ccc3c(c2)OCO3)S(C)(=O)=O)C1. The number of hydrogen-bond acceptors (Lipinski definition) is 5. The van der Waals surface area contributed by atoms with Gasteiger partial charge in [-0.2, -0.15) is 4.31 Å². The number of sulfonamides is 1. The number of carbonyl (C=O) groups is 1. The molecule has 0 radical (unpaired) electrons. The maximum Gasteiger partial charge on any atom is 0.237 e. The van der Waals surface area contributed by atoms with Crippen molar-refractivity contribution in [1.29, 1.82) is 0 Å². The molecule has 1 saturated heterocycles. The Bertz CT molecular complexity index is 749. The second-order valence-corrected chi connectivity index (χ2v) is 8.79. The molecule has 0 spiro atoms. The minimum absolute atomic E-state index is 0.130. The van der Waals surface area contributed by atoms with Crippen LogP contribution in [0.25, 0.3) is 0 Å². The molecule has 0 bridgehead atoms. The Labute approximate surface area is 148 Å². The van der Waals surface area contributed by atoms with Gasteiger partial charge in [0, 0.05) is 19.6 Å². The van der Waals surface area contributed by atoms with Crippen LogP contribution in [0.2, 0.25) is 0 Å². The molecule has 0 aliphatic carbocycles. The van der Waals surface area contributed by atoms with E-state index in [1.54, 1.807) is 23.1 Å². The van der Waals surface area contributed by atoms with Crippen LogP contribution in [-0.2, 0) is 21.4 Å². The average Bonchev–Trinajstić information content (AvgIpc) is 3.01. The molecule has 1 amide bonds. The van der Waals surface area contributed by atoms with E-state index < -0.39 is 10.0 Å². The van der Waals surface area contributed by atoms with Crippen LogP contribution in [0.15, 0.2) is 18.2 Å². The Morgan fingerprint density at radius 1 is 1.32 bits per heavy atom. The Morgan fingerprint density at radius 3 is 2.80 bits per heavy atom. The maximum absolute atomic E-state index is 12.6. The summed E-state index contributed by atoms with van der Waals surface area (Å²) in [6, 6.07) is 5.30. The molecule has 1 atom stereocenters. The van der Waals surface area contributed by atoms with Gasteiger partial charge in [-0.1, -0.05) is 13.0 Å². The summed E-state index contributed by atoms with van der Waals surface area (Å²) in [5.41, 5.74) is 0.759. The van der Waals surface area contributed by atoms with Crippen molar-refractivity contribution in [2.75, 3.05) is 32.7 Å². The lowest BCUT2D eigenvalue weighted by Gasteiger charge is -2.32. The maximum atomic E-state index is 12.6. The van der Waals surface area contributed by atoms with Crippen LogP contribution in [0.3, 0.4) is 0 Å². The minimum Gasteiger partial charge on any atom is -0.454 e. The lowest BCUT2D eigenvalue weighted by atomic mass is 10.0. The Morgan fingerprint density at radius 2 is 2.08 bits per heavy atom. The van der Waals surface area contributed by atoms with Crippen LogP contribution < -0.4 is 9.47 Å². The smallest absolute Gasteiger partial charge is 0.237 e. The molecule has 0 N–H and O–H groups in total.